The summed E-state index contributed by atoms with van der Waals surface area (Å²) < 4.78 is 2.04. The zero-order valence-corrected chi connectivity index (χ0v) is 17.2. The second-order valence-electron chi connectivity index (χ2n) is 6.74. The highest BCUT2D eigenvalue weighted by Crippen LogP contribution is 2.19. The molecule has 0 atom stereocenters. The number of anilines is 1. The van der Waals surface area contributed by atoms with Crippen molar-refractivity contribution >= 4 is 23.4 Å². The molecule has 5 nitrogen and oxygen atoms in total. The van der Waals surface area contributed by atoms with E-state index in [1.165, 1.54) is 35.7 Å². The Bertz CT molecular complexity index is 891. The molecule has 1 heterocycles. The average Bonchev–Trinajstić information content (AvgIpc) is 3.06. The van der Waals surface area contributed by atoms with Crippen molar-refractivity contribution in [3.05, 3.63) is 71.5 Å². The molecule has 0 fully saturated rings. The molecule has 146 valence electrons. The quantitative estimate of drug-likeness (QED) is 0.534. The van der Waals surface area contributed by atoms with Crippen LogP contribution in [-0.4, -0.2) is 26.4 Å². The monoisotopic (exact) mass is 394 g/mol. The molecular formula is C22H26N4OS. The summed E-state index contributed by atoms with van der Waals surface area (Å²) in [7, 11) is 0. The van der Waals surface area contributed by atoms with Crippen LogP contribution in [0.1, 0.15) is 36.7 Å². The van der Waals surface area contributed by atoms with Crippen LogP contribution in [0.3, 0.4) is 0 Å². The second-order valence-corrected chi connectivity index (χ2v) is 7.68. The minimum atomic E-state index is -0.0433. The van der Waals surface area contributed by atoms with Crippen LogP contribution >= 0.6 is 11.8 Å². The molecule has 0 saturated carbocycles. The number of aromatic nitrogens is 3. The summed E-state index contributed by atoms with van der Waals surface area (Å²) in [5.41, 5.74) is 3.31. The summed E-state index contributed by atoms with van der Waals surface area (Å²) in [4.78, 5) is 12.3. The number of rotatable bonds is 9. The van der Waals surface area contributed by atoms with Crippen molar-refractivity contribution in [1.29, 1.82) is 0 Å². The van der Waals surface area contributed by atoms with Crippen molar-refractivity contribution in [2.75, 3.05) is 11.1 Å². The van der Waals surface area contributed by atoms with Gasteiger partial charge in [0.1, 0.15) is 5.82 Å². The number of aryl methyl sites for hydroxylation is 2. The van der Waals surface area contributed by atoms with Gasteiger partial charge in [-0.15, -0.1) is 10.2 Å². The molecule has 2 aromatic carbocycles. The molecule has 0 aliphatic heterocycles. The number of nitrogens with one attached hydrogen (secondary N) is 1. The molecule has 0 unspecified atom stereocenters. The first kappa shape index (κ1) is 20.1. The summed E-state index contributed by atoms with van der Waals surface area (Å²) >= 11 is 1.41. The highest BCUT2D eigenvalue weighted by Gasteiger charge is 2.12. The lowest BCUT2D eigenvalue weighted by molar-refractivity contribution is -0.113. The van der Waals surface area contributed by atoms with Gasteiger partial charge in [-0.2, -0.15) is 0 Å². The standard InChI is InChI=1S/C22H26N4OS/c1-3-4-8-18-11-13-20(14-12-18)23-21(27)16-28-22-25-24-17(2)26(22)15-19-9-6-5-7-10-19/h5-7,9-14H,3-4,8,15-16H2,1-2H3,(H,23,27). The van der Waals surface area contributed by atoms with E-state index in [0.717, 1.165) is 23.1 Å². The molecule has 0 aliphatic carbocycles. The summed E-state index contributed by atoms with van der Waals surface area (Å²) in [6.07, 6.45) is 3.45. The van der Waals surface area contributed by atoms with Gasteiger partial charge in [-0.1, -0.05) is 67.6 Å². The molecule has 6 heteroatoms. The Morgan fingerprint density at radius 2 is 1.79 bits per heavy atom. The van der Waals surface area contributed by atoms with Gasteiger partial charge in [0.15, 0.2) is 5.16 Å². The van der Waals surface area contributed by atoms with E-state index >= 15 is 0 Å². The third kappa shape index (κ3) is 5.70. The molecule has 0 radical (unpaired) electrons. The Balaban J connectivity index is 1.55. The largest absolute Gasteiger partial charge is 0.325 e. The molecule has 3 rings (SSSR count). The van der Waals surface area contributed by atoms with Crippen LogP contribution in [0.4, 0.5) is 5.69 Å². The van der Waals surface area contributed by atoms with Gasteiger partial charge in [0.25, 0.3) is 0 Å². The topological polar surface area (TPSA) is 59.8 Å². The van der Waals surface area contributed by atoms with E-state index in [2.05, 4.69) is 46.7 Å². The zero-order valence-electron chi connectivity index (χ0n) is 16.4. The minimum absolute atomic E-state index is 0.0433. The number of benzene rings is 2. The number of carbonyl (C=O) groups is 1. The fourth-order valence-electron chi connectivity index (χ4n) is 2.88. The van der Waals surface area contributed by atoms with Crippen LogP contribution in [0, 0.1) is 6.92 Å². The molecule has 0 spiro atoms. The van der Waals surface area contributed by atoms with Gasteiger partial charge in [0.05, 0.1) is 12.3 Å². The number of nitrogens with zero attached hydrogens (tertiary/aromatic N) is 3. The van der Waals surface area contributed by atoms with E-state index in [-0.39, 0.29) is 5.91 Å². The number of unbranched alkanes of at least 4 members (excludes halogenated alkanes) is 1. The lowest BCUT2D eigenvalue weighted by Gasteiger charge is -2.09. The zero-order chi connectivity index (χ0) is 19.8. The molecule has 0 bridgehead atoms. The van der Waals surface area contributed by atoms with Crippen LogP contribution in [0.15, 0.2) is 59.8 Å². The number of thioether (sulfide) groups is 1. The van der Waals surface area contributed by atoms with Gasteiger partial charge < -0.3 is 9.88 Å². The summed E-state index contributed by atoms with van der Waals surface area (Å²) in [6.45, 7) is 4.82. The van der Waals surface area contributed by atoms with Crippen LogP contribution in [0.5, 0.6) is 0 Å². The summed E-state index contributed by atoms with van der Waals surface area (Å²) in [5, 5.41) is 12.1. The first-order valence-electron chi connectivity index (χ1n) is 9.61. The van der Waals surface area contributed by atoms with Gasteiger partial charge in [0, 0.05) is 5.69 Å². The van der Waals surface area contributed by atoms with E-state index < -0.39 is 0 Å². The van der Waals surface area contributed by atoms with Crippen molar-refractivity contribution in [2.24, 2.45) is 0 Å². The maximum atomic E-state index is 12.3. The van der Waals surface area contributed by atoms with E-state index in [1.807, 2.05) is 41.8 Å². The van der Waals surface area contributed by atoms with Crippen LogP contribution in [0.2, 0.25) is 0 Å². The van der Waals surface area contributed by atoms with E-state index in [4.69, 9.17) is 0 Å². The van der Waals surface area contributed by atoms with E-state index in [1.54, 1.807) is 0 Å². The van der Waals surface area contributed by atoms with Gasteiger partial charge in [-0.3, -0.25) is 4.79 Å². The first-order valence-corrected chi connectivity index (χ1v) is 10.6. The Labute approximate surface area is 170 Å². The van der Waals surface area contributed by atoms with Crippen LogP contribution in [-0.2, 0) is 17.8 Å². The number of hydrogen-bond donors (Lipinski definition) is 1. The van der Waals surface area contributed by atoms with Crippen molar-refractivity contribution in [1.82, 2.24) is 14.8 Å². The Morgan fingerprint density at radius 1 is 1.04 bits per heavy atom. The van der Waals surface area contributed by atoms with Crippen LogP contribution in [0.25, 0.3) is 0 Å². The van der Waals surface area contributed by atoms with Crippen molar-refractivity contribution in [3.8, 4) is 0 Å². The number of amides is 1. The highest BCUT2D eigenvalue weighted by molar-refractivity contribution is 7.99. The van der Waals surface area contributed by atoms with Gasteiger partial charge in [0.2, 0.25) is 5.91 Å². The molecule has 1 amide bonds. The number of carbonyl (C=O) groups excluding carboxylic acids is 1. The van der Waals surface area contributed by atoms with Crippen molar-refractivity contribution < 1.29 is 4.79 Å². The summed E-state index contributed by atoms with van der Waals surface area (Å²) in [5.74, 6) is 1.09. The fourth-order valence-corrected chi connectivity index (χ4v) is 3.66. The smallest absolute Gasteiger partial charge is 0.234 e. The number of hydrogen-bond acceptors (Lipinski definition) is 4. The molecule has 28 heavy (non-hydrogen) atoms. The third-order valence-electron chi connectivity index (χ3n) is 4.47. The molecule has 3 aromatic rings. The molecular weight excluding hydrogens is 368 g/mol. The predicted molar refractivity (Wildman–Crippen MR) is 115 cm³/mol. The Hall–Kier alpha value is -2.60. The van der Waals surface area contributed by atoms with E-state index in [0.29, 0.717) is 12.3 Å². The fraction of sp³-hybridized carbons (Fsp3) is 0.318. The highest BCUT2D eigenvalue weighted by atomic mass is 32.2. The lowest BCUT2D eigenvalue weighted by atomic mass is 10.1. The molecule has 1 N–H and O–H groups in total. The molecule has 1 aromatic heterocycles. The van der Waals surface area contributed by atoms with Crippen LogP contribution < -0.4 is 5.32 Å². The summed E-state index contributed by atoms with van der Waals surface area (Å²) in [6, 6.07) is 18.3. The predicted octanol–water partition coefficient (Wildman–Crippen LogP) is 4.71. The van der Waals surface area contributed by atoms with Gasteiger partial charge in [-0.25, -0.2) is 0 Å². The molecule has 0 aliphatic rings. The second kappa shape index (κ2) is 10.1. The van der Waals surface area contributed by atoms with E-state index in [9.17, 15) is 4.79 Å². The third-order valence-corrected chi connectivity index (χ3v) is 5.44. The Kier molecular flexibility index (Phi) is 7.25. The normalized spacial score (nSPS) is 10.8. The maximum Gasteiger partial charge on any atom is 0.234 e. The Morgan fingerprint density at radius 3 is 2.50 bits per heavy atom. The van der Waals surface area contributed by atoms with Gasteiger partial charge >= 0.3 is 0 Å². The SMILES string of the molecule is CCCCc1ccc(NC(=O)CSc2nnc(C)n2Cc2ccccc2)cc1. The van der Waals surface area contributed by atoms with Crippen molar-refractivity contribution in [2.45, 2.75) is 44.8 Å². The maximum absolute atomic E-state index is 12.3. The molecule has 0 saturated heterocycles. The van der Waals surface area contributed by atoms with Crippen molar-refractivity contribution in [3.63, 3.8) is 0 Å². The average molecular weight is 395 g/mol. The first-order chi connectivity index (χ1) is 13.7. The minimum Gasteiger partial charge on any atom is -0.325 e. The van der Waals surface area contributed by atoms with Gasteiger partial charge in [-0.05, 0) is 43.0 Å². The lowest BCUT2D eigenvalue weighted by Crippen LogP contribution is -2.15.